The first-order valence-electron chi connectivity index (χ1n) is 8.88. The van der Waals surface area contributed by atoms with Crippen LogP contribution < -0.4 is 11.1 Å². The SMILES string of the molecule is CC(C)(C)OC(=O)NCC1CCCN(S(=O)(=O)c2ccc(CN)cc2)C1. The molecule has 0 saturated carbocycles. The number of ether oxygens (including phenoxy) is 1. The molecule has 26 heavy (non-hydrogen) atoms. The van der Waals surface area contributed by atoms with Crippen molar-refractivity contribution >= 4 is 16.1 Å². The highest BCUT2D eigenvalue weighted by molar-refractivity contribution is 7.89. The zero-order valence-electron chi connectivity index (χ0n) is 15.7. The molecule has 1 saturated heterocycles. The average molecular weight is 384 g/mol. The molecule has 0 bridgehead atoms. The van der Waals surface area contributed by atoms with E-state index in [1.54, 1.807) is 45.0 Å². The van der Waals surface area contributed by atoms with Gasteiger partial charge in [0.25, 0.3) is 0 Å². The van der Waals surface area contributed by atoms with Crippen LogP contribution in [0.3, 0.4) is 0 Å². The first-order chi connectivity index (χ1) is 12.1. The number of sulfonamides is 1. The molecule has 0 aliphatic carbocycles. The second-order valence-corrected chi connectivity index (χ2v) is 9.54. The molecule has 1 heterocycles. The molecule has 0 spiro atoms. The number of benzene rings is 1. The van der Waals surface area contributed by atoms with E-state index < -0.39 is 21.7 Å². The molecule has 1 aliphatic heterocycles. The maximum absolute atomic E-state index is 12.8. The van der Waals surface area contributed by atoms with Gasteiger partial charge in [0.1, 0.15) is 5.60 Å². The maximum Gasteiger partial charge on any atom is 0.407 e. The number of rotatable bonds is 5. The highest BCUT2D eigenvalue weighted by Gasteiger charge is 2.30. The summed E-state index contributed by atoms with van der Waals surface area (Å²) < 4.78 is 32.4. The fourth-order valence-corrected chi connectivity index (χ4v) is 4.45. The molecule has 1 amide bonds. The number of nitrogens with two attached hydrogens (primary N) is 1. The minimum Gasteiger partial charge on any atom is -0.444 e. The van der Waals surface area contributed by atoms with E-state index in [1.807, 2.05) is 0 Å². The van der Waals surface area contributed by atoms with Gasteiger partial charge in [-0.2, -0.15) is 4.31 Å². The predicted octanol–water partition coefficient (Wildman–Crippen LogP) is 2.07. The van der Waals surface area contributed by atoms with Gasteiger partial charge in [0.05, 0.1) is 4.90 Å². The Morgan fingerprint density at radius 3 is 2.54 bits per heavy atom. The van der Waals surface area contributed by atoms with E-state index in [0.717, 1.165) is 18.4 Å². The van der Waals surface area contributed by atoms with Gasteiger partial charge in [-0.15, -0.1) is 0 Å². The van der Waals surface area contributed by atoms with Crippen molar-refractivity contribution in [2.75, 3.05) is 19.6 Å². The van der Waals surface area contributed by atoms with Crippen molar-refractivity contribution < 1.29 is 17.9 Å². The Morgan fingerprint density at radius 1 is 1.31 bits per heavy atom. The van der Waals surface area contributed by atoms with Crippen molar-refractivity contribution in [3.63, 3.8) is 0 Å². The normalized spacial score (nSPS) is 19.2. The van der Waals surface area contributed by atoms with Crippen LogP contribution in [0.15, 0.2) is 29.2 Å². The fraction of sp³-hybridized carbons (Fsp3) is 0.611. The summed E-state index contributed by atoms with van der Waals surface area (Å²) in [7, 11) is -3.54. The van der Waals surface area contributed by atoms with Gasteiger partial charge in [0.15, 0.2) is 0 Å². The van der Waals surface area contributed by atoms with Gasteiger partial charge in [-0.1, -0.05) is 12.1 Å². The van der Waals surface area contributed by atoms with Crippen LogP contribution in [0.4, 0.5) is 4.79 Å². The summed E-state index contributed by atoms with van der Waals surface area (Å²) in [5.74, 6) is 0.0642. The van der Waals surface area contributed by atoms with Gasteiger partial charge in [-0.05, 0) is 57.2 Å². The van der Waals surface area contributed by atoms with E-state index in [1.165, 1.54) is 4.31 Å². The molecule has 2 rings (SSSR count). The molecule has 146 valence electrons. The van der Waals surface area contributed by atoms with Crippen LogP contribution in [0.25, 0.3) is 0 Å². The third-order valence-electron chi connectivity index (χ3n) is 4.21. The molecular formula is C18H29N3O4S. The number of hydrogen-bond donors (Lipinski definition) is 2. The summed E-state index contributed by atoms with van der Waals surface area (Å²) in [4.78, 5) is 12.1. The van der Waals surface area contributed by atoms with Crippen molar-refractivity contribution in [1.29, 1.82) is 0 Å². The molecule has 0 radical (unpaired) electrons. The average Bonchev–Trinajstić information content (AvgIpc) is 2.59. The van der Waals surface area contributed by atoms with Crippen LogP contribution in [0.2, 0.25) is 0 Å². The summed E-state index contributed by atoms with van der Waals surface area (Å²) in [5.41, 5.74) is 5.90. The van der Waals surface area contributed by atoms with Gasteiger partial charge in [-0.25, -0.2) is 13.2 Å². The van der Waals surface area contributed by atoms with Crippen LogP contribution in [0, 0.1) is 5.92 Å². The van der Waals surface area contributed by atoms with Crippen molar-refractivity contribution in [3.05, 3.63) is 29.8 Å². The molecule has 8 heteroatoms. The Bertz CT molecular complexity index is 711. The minimum absolute atomic E-state index is 0.0642. The molecular weight excluding hydrogens is 354 g/mol. The number of carbonyl (C=O) groups is 1. The van der Waals surface area contributed by atoms with Gasteiger partial charge < -0.3 is 15.8 Å². The van der Waals surface area contributed by atoms with Crippen molar-refractivity contribution in [3.8, 4) is 0 Å². The maximum atomic E-state index is 12.8. The number of hydrogen-bond acceptors (Lipinski definition) is 5. The van der Waals surface area contributed by atoms with E-state index in [-0.39, 0.29) is 10.8 Å². The second-order valence-electron chi connectivity index (χ2n) is 7.60. The first-order valence-corrected chi connectivity index (χ1v) is 10.3. The van der Waals surface area contributed by atoms with E-state index in [9.17, 15) is 13.2 Å². The molecule has 7 nitrogen and oxygen atoms in total. The van der Waals surface area contributed by atoms with Crippen LogP contribution >= 0.6 is 0 Å². The van der Waals surface area contributed by atoms with E-state index in [0.29, 0.717) is 26.2 Å². The lowest BCUT2D eigenvalue weighted by molar-refractivity contribution is 0.0513. The number of alkyl carbamates (subject to hydrolysis) is 1. The highest BCUT2D eigenvalue weighted by atomic mass is 32.2. The van der Waals surface area contributed by atoms with Gasteiger partial charge in [-0.3, -0.25) is 0 Å². The molecule has 3 N–H and O–H groups in total. The van der Waals surface area contributed by atoms with Crippen molar-refractivity contribution in [2.45, 2.75) is 50.7 Å². The van der Waals surface area contributed by atoms with Gasteiger partial charge in [0, 0.05) is 26.2 Å². The third-order valence-corrected chi connectivity index (χ3v) is 6.09. The number of carbonyl (C=O) groups excluding carboxylic acids is 1. The molecule has 1 fully saturated rings. The molecule has 1 aromatic rings. The summed E-state index contributed by atoms with van der Waals surface area (Å²) in [6.07, 6.45) is 1.16. The molecule has 0 aromatic heterocycles. The van der Waals surface area contributed by atoms with E-state index in [4.69, 9.17) is 10.5 Å². The van der Waals surface area contributed by atoms with Crippen LogP contribution in [-0.4, -0.2) is 44.1 Å². The lowest BCUT2D eigenvalue weighted by atomic mass is 10.00. The Balaban J connectivity index is 1.97. The van der Waals surface area contributed by atoms with Crippen LogP contribution in [0.5, 0.6) is 0 Å². The lowest BCUT2D eigenvalue weighted by Gasteiger charge is -2.32. The minimum atomic E-state index is -3.54. The molecule has 1 aliphatic rings. The van der Waals surface area contributed by atoms with Gasteiger partial charge >= 0.3 is 6.09 Å². The second kappa shape index (κ2) is 8.37. The zero-order chi connectivity index (χ0) is 19.4. The quantitative estimate of drug-likeness (QED) is 0.810. The topological polar surface area (TPSA) is 102 Å². The Labute approximate surface area is 155 Å². The number of nitrogens with one attached hydrogen (secondary N) is 1. The lowest BCUT2D eigenvalue weighted by Crippen LogP contribution is -2.44. The van der Waals surface area contributed by atoms with Crippen LogP contribution in [-0.2, 0) is 21.3 Å². The Kier molecular flexibility index (Phi) is 6.65. The summed E-state index contributed by atoms with van der Waals surface area (Å²) in [6.45, 7) is 7.06. The molecule has 1 atom stereocenters. The van der Waals surface area contributed by atoms with Gasteiger partial charge in [0.2, 0.25) is 10.0 Å². The van der Waals surface area contributed by atoms with Crippen LogP contribution in [0.1, 0.15) is 39.2 Å². The fourth-order valence-electron chi connectivity index (χ4n) is 2.90. The summed E-state index contributed by atoms with van der Waals surface area (Å²) in [5, 5.41) is 2.74. The molecule has 1 aromatic carbocycles. The van der Waals surface area contributed by atoms with E-state index in [2.05, 4.69) is 5.32 Å². The van der Waals surface area contributed by atoms with Crippen molar-refractivity contribution in [2.24, 2.45) is 11.7 Å². The first kappa shape index (κ1) is 20.7. The summed E-state index contributed by atoms with van der Waals surface area (Å²) >= 11 is 0. The van der Waals surface area contributed by atoms with Crippen molar-refractivity contribution in [1.82, 2.24) is 9.62 Å². The largest absolute Gasteiger partial charge is 0.444 e. The smallest absolute Gasteiger partial charge is 0.407 e. The molecule has 1 unspecified atom stereocenters. The van der Waals surface area contributed by atoms with E-state index >= 15 is 0 Å². The zero-order valence-corrected chi connectivity index (χ0v) is 16.5. The number of nitrogens with zero attached hydrogens (tertiary/aromatic N) is 1. The monoisotopic (exact) mass is 383 g/mol. The number of piperidine rings is 1. The third kappa shape index (κ3) is 5.69. The highest BCUT2D eigenvalue weighted by Crippen LogP contribution is 2.24. The number of amides is 1. The Morgan fingerprint density at radius 2 is 1.96 bits per heavy atom. The summed E-state index contributed by atoms with van der Waals surface area (Å²) in [6, 6.07) is 6.66. The predicted molar refractivity (Wildman–Crippen MR) is 100 cm³/mol. The standard InChI is InChI=1S/C18H29N3O4S/c1-18(2,3)25-17(22)20-12-15-5-4-10-21(13-15)26(23,24)16-8-6-14(11-19)7-9-16/h6-9,15H,4-5,10-13,19H2,1-3H3,(H,20,22). The Hall–Kier alpha value is -1.64.